The van der Waals surface area contributed by atoms with Crippen molar-refractivity contribution < 1.29 is 10.2 Å². The van der Waals surface area contributed by atoms with Crippen LogP contribution >= 0.6 is 0 Å². The van der Waals surface area contributed by atoms with Crippen LogP contribution in [0, 0.1) is 0 Å². The second-order valence-corrected chi connectivity index (χ2v) is 5.76. The molecule has 2 N–H and O–H groups in total. The normalized spacial score (nSPS) is 12.0. The summed E-state index contributed by atoms with van der Waals surface area (Å²) in [5, 5.41) is 35.1. The summed E-state index contributed by atoms with van der Waals surface area (Å²) in [7, 11) is 0. The summed E-state index contributed by atoms with van der Waals surface area (Å²) in [5.41, 5.74) is 2.97. The molecule has 0 aliphatic heterocycles. The Morgan fingerprint density at radius 1 is 0.464 bits per heavy atom. The largest absolute Gasteiger partial charge is 0.507 e. The first-order chi connectivity index (χ1) is 13.7. The van der Waals surface area contributed by atoms with Gasteiger partial charge in [0.2, 0.25) is 0 Å². The summed E-state index contributed by atoms with van der Waals surface area (Å²) in [6.45, 7) is 0. The van der Waals surface area contributed by atoms with Crippen molar-refractivity contribution >= 4 is 24.9 Å². The monoisotopic (exact) mass is 370 g/mol. The molecule has 0 heterocycles. The van der Waals surface area contributed by atoms with Gasteiger partial charge in [0.25, 0.3) is 0 Å². The van der Waals surface area contributed by atoms with E-state index < -0.39 is 0 Å². The fourth-order valence-corrected chi connectivity index (χ4v) is 2.25. The maximum absolute atomic E-state index is 9.65. The molecule has 0 radical (unpaired) electrons. The van der Waals surface area contributed by atoms with Gasteiger partial charge in [0.15, 0.2) is 0 Å². The highest BCUT2D eigenvalue weighted by atomic mass is 16.3. The molecule has 3 rings (SSSR count). The van der Waals surface area contributed by atoms with Crippen molar-refractivity contribution in [3.05, 3.63) is 95.1 Å². The first kappa shape index (κ1) is 18.7. The molecule has 0 bridgehead atoms. The van der Waals surface area contributed by atoms with Crippen LogP contribution in [0.15, 0.2) is 93.2 Å². The molecule has 6 heteroatoms. The Hall–Kier alpha value is -4.06. The van der Waals surface area contributed by atoms with Crippen LogP contribution in [0.1, 0.15) is 22.3 Å². The van der Waals surface area contributed by atoms with Crippen molar-refractivity contribution in [2.75, 3.05) is 0 Å². The van der Waals surface area contributed by atoms with Gasteiger partial charge in [-0.05, 0) is 35.4 Å². The smallest absolute Gasteiger partial charge is 0.124 e. The van der Waals surface area contributed by atoms with Gasteiger partial charge in [-0.15, -0.1) is 0 Å². The molecular formula is C22H18N4O2. The van der Waals surface area contributed by atoms with E-state index in [0.717, 1.165) is 11.1 Å². The van der Waals surface area contributed by atoms with Crippen molar-refractivity contribution in [3.8, 4) is 11.5 Å². The fourth-order valence-electron chi connectivity index (χ4n) is 2.25. The number of aromatic hydroxyl groups is 2. The molecule has 3 aromatic rings. The van der Waals surface area contributed by atoms with Gasteiger partial charge in [-0.1, -0.05) is 48.5 Å². The lowest BCUT2D eigenvalue weighted by Gasteiger charge is -1.95. The Labute approximate surface area is 162 Å². The number of phenols is 2. The second-order valence-electron chi connectivity index (χ2n) is 5.76. The Morgan fingerprint density at radius 2 is 0.821 bits per heavy atom. The van der Waals surface area contributed by atoms with Gasteiger partial charge in [-0.2, -0.15) is 20.4 Å². The summed E-state index contributed by atoms with van der Waals surface area (Å²) in [4.78, 5) is 0. The standard InChI is InChI=1S/C22H18N4O2/c27-21-7-3-1-5-19(21)15-25-23-13-17-9-11-18(12-10-17)14-24-26-16-20-6-2-4-8-22(20)28/h1-16,27-28H/b23-13+,24-14+,25-15+,26-16+. The molecule has 0 spiro atoms. The zero-order chi connectivity index (χ0) is 19.6. The second kappa shape index (κ2) is 9.59. The molecule has 0 aliphatic rings. The molecule has 0 aliphatic carbocycles. The molecule has 0 aromatic heterocycles. The SMILES string of the molecule is Oc1ccccc1/C=N/N=C/c1ccc(/C=N/N=C/c2ccccc2O)cc1. The van der Waals surface area contributed by atoms with E-state index in [9.17, 15) is 10.2 Å². The van der Waals surface area contributed by atoms with Crippen LogP contribution < -0.4 is 0 Å². The summed E-state index contributed by atoms with van der Waals surface area (Å²) < 4.78 is 0. The molecule has 28 heavy (non-hydrogen) atoms. The summed E-state index contributed by atoms with van der Waals surface area (Å²) in [5.74, 6) is 0.324. The van der Waals surface area contributed by atoms with Gasteiger partial charge in [0.05, 0.1) is 24.9 Å². The molecule has 0 amide bonds. The zero-order valence-electron chi connectivity index (χ0n) is 14.9. The highest BCUT2D eigenvalue weighted by molar-refractivity contribution is 5.87. The van der Waals surface area contributed by atoms with E-state index in [1.807, 2.05) is 36.4 Å². The van der Waals surface area contributed by atoms with Crippen LogP contribution in [0.2, 0.25) is 0 Å². The van der Waals surface area contributed by atoms with Crippen molar-refractivity contribution in [3.63, 3.8) is 0 Å². The third-order valence-electron chi connectivity index (χ3n) is 3.75. The van der Waals surface area contributed by atoms with Crippen molar-refractivity contribution in [2.24, 2.45) is 20.4 Å². The molecule has 6 nitrogen and oxygen atoms in total. The molecule has 0 unspecified atom stereocenters. The van der Waals surface area contributed by atoms with E-state index in [1.165, 1.54) is 12.4 Å². The molecule has 0 fully saturated rings. The van der Waals surface area contributed by atoms with Gasteiger partial charge in [0, 0.05) is 11.1 Å². The lowest BCUT2D eigenvalue weighted by Crippen LogP contribution is -1.85. The quantitative estimate of drug-likeness (QED) is 0.507. The van der Waals surface area contributed by atoms with Crippen LogP contribution in [-0.4, -0.2) is 35.1 Å². The summed E-state index contributed by atoms with van der Waals surface area (Å²) in [6.07, 6.45) is 6.23. The summed E-state index contributed by atoms with van der Waals surface area (Å²) >= 11 is 0. The van der Waals surface area contributed by atoms with E-state index in [2.05, 4.69) is 20.4 Å². The van der Waals surface area contributed by atoms with E-state index in [-0.39, 0.29) is 11.5 Å². The van der Waals surface area contributed by atoms with Crippen LogP contribution in [0.5, 0.6) is 11.5 Å². The number of phenolic OH excluding ortho intramolecular Hbond substituents is 2. The van der Waals surface area contributed by atoms with E-state index in [0.29, 0.717) is 11.1 Å². The number of rotatable bonds is 6. The van der Waals surface area contributed by atoms with Gasteiger partial charge in [-0.3, -0.25) is 0 Å². The van der Waals surface area contributed by atoms with Crippen molar-refractivity contribution in [2.45, 2.75) is 0 Å². The Kier molecular flexibility index (Phi) is 6.41. The lowest BCUT2D eigenvalue weighted by atomic mass is 10.2. The molecule has 0 saturated heterocycles. The highest BCUT2D eigenvalue weighted by Gasteiger charge is 1.95. The van der Waals surface area contributed by atoms with Gasteiger partial charge < -0.3 is 10.2 Å². The molecular weight excluding hydrogens is 352 g/mol. The molecule has 0 saturated carbocycles. The predicted octanol–water partition coefficient (Wildman–Crippen LogP) is 4.00. The van der Waals surface area contributed by atoms with Gasteiger partial charge >= 0.3 is 0 Å². The number of para-hydroxylation sites is 2. The number of hydrogen-bond donors (Lipinski definition) is 2. The van der Waals surface area contributed by atoms with Crippen LogP contribution in [0.3, 0.4) is 0 Å². The zero-order valence-corrected chi connectivity index (χ0v) is 14.9. The van der Waals surface area contributed by atoms with Crippen molar-refractivity contribution in [1.82, 2.24) is 0 Å². The third-order valence-corrected chi connectivity index (χ3v) is 3.75. The van der Waals surface area contributed by atoms with Crippen LogP contribution in [0.25, 0.3) is 0 Å². The number of hydrogen-bond acceptors (Lipinski definition) is 6. The maximum Gasteiger partial charge on any atom is 0.124 e. The van der Waals surface area contributed by atoms with Crippen LogP contribution in [-0.2, 0) is 0 Å². The minimum absolute atomic E-state index is 0.162. The fraction of sp³-hybridized carbons (Fsp3) is 0. The molecule has 3 aromatic carbocycles. The number of benzene rings is 3. The highest BCUT2D eigenvalue weighted by Crippen LogP contribution is 2.13. The topological polar surface area (TPSA) is 89.9 Å². The van der Waals surface area contributed by atoms with E-state index in [4.69, 9.17) is 0 Å². The molecule has 138 valence electrons. The summed E-state index contributed by atoms with van der Waals surface area (Å²) in [6, 6.07) is 21.4. The Balaban J connectivity index is 1.56. The maximum atomic E-state index is 9.65. The first-order valence-corrected chi connectivity index (χ1v) is 8.51. The minimum atomic E-state index is 0.162. The number of nitrogens with zero attached hydrogens (tertiary/aromatic N) is 4. The average molecular weight is 370 g/mol. The van der Waals surface area contributed by atoms with Crippen LogP contribution in [0.4, 0.5) is 0 Å². The third kappa shape index (κ3) is 5.47. The van der Waals surface area contributed by atoms with Gasteiger partial charge in [-0.25, -0.2) is 0 Å². The van der Waals surface area contributed by atoms with Crippen molar-refractivity contribution in [1.29, 1.82) is 0 Å². The van der Waals surface area contributed by atoms with E-state index in [1.54, 1.807) is 48.8 Å². The Bertz CT molecular complexity index is 954. The minimum Gasteiger partial charge on any atom is -0.507 e. The lowest BCUT2D eigenvalue weighted by molar-refractivity contribution is 0.474. The predicted molar refractivity (Wildman–Crippen MR) is 113 cm³/mol. The molecule has 0 atom stereocenters. The Morgan fingerprint density at radius 3 is 1.21 bits per heavy atom. The van der Waals surface area contributed by atoms with E-state index >= 15 is 0 Å². The average Bonchev–Trinajstić information content (AvgIpc) is 2.72. The van der Waals surface area contributed by atoms with Gasteiger partial charge in [0.1, 0.15) is 11.5 Å². The first-order valence-electron chi connectivity index (χ1n) is 8.51.